The second-order valence-corrected chi connectivity index (χ2v) is 3.68. The average molecular weight is 196 g/mol. The molecule has 1 aliphatic carbocycles. The number of carbonyl (C=O) groups excluding carboxylic acids is 1. The van der Waals surface area contributed by atoms with E-state index < -0.39 is 0 Å². The Kier molecular flexibility index (Phi) is 5.21. The van der Waals surface area contributed by atoms with Crippen LogP contribution in [0.25, 0.3) is 0 Å². The van der Waals surface area contributed by atoms with Crippen LogP contribution in [0, 0.1) is 5.41 Å². The molecule has 0 saturated heterocycles. The van der Waals surface area contributed by atoms with Crippen molar-refractivity contribution in [3.63, 3.8) is 0 Å². The van der Waals surface area contributed by atoms with Gasteiger partial charge in [0, 0.05) is 0 Å². The summed E-state index contributed by atoms with van der Waals surface area (Å²) in [6.45, 7) is 8.27. The van der Waals surface area contributed by atoms with Crippen molar-refractivity contribution >= 4 is 5.97 Å². The lowest BCUT2D eigenvalue weighted by Gasteiger charge is -2.21. The number of hydrogen-bond acceptors (Lipinski definition) is 2. The zero-order valence-corrected chi connectivity index (χ0v) is 9.76. The SMILES string of the molecule is CC.COC(=O)C1=CCC(C)(C)C=C1. The van der Waals surface area contributed by atoms with Gasteiger partial charge in [0.25, 0.3) is 0 Å². The van der Waals surface area contributed by atoms with Crippen molar-refractivity contribution in [3.05, 3.63) is 23.8 Å². The summed E-state index contributed by atoms with van der Waals surface area (Å²) in [5.41, 5.74) is 0.842. The van der Waals surface area contributed by atoms with Gasteiger partial charge in [-0.25, -0.2) is 4.79 Å². The molecule has 0 heterocycles. The van der Waals surface area contributed by atoms with E-state index in [1.165, 1.54) is 7.11 Å². The third-order valence-corrected chi connectivity index (χ3v) is 1.98. The third-order valence-electron chi connectivity index (χ3n) is 1.98. The van der Waals surface area contributed by atoms with E-state index in [1.807, 2.05) is 32.1 Å². The zero-order valence-electron chi connectivity index (χ0n) is 9.76. The molecule has 1 aliphatic rings. The molecule has 0 N–H and O–H groups in total. The summed E-state index contributed by atoms with van der Waals surface area (Å²) in [4.78, 5) is 11.0. The van der Waals surface area contributed by atoms with Crippen molar-refractivity contribution < 1.29 is 9.53 Å². The molecule has 0 unspecified atom stereocenters. The maximum atomic E-state index is 11.0. The fourth-order valence-corrected chi connectivity index (χ4v) is 1.09. The van der Waals surface area contributed by atoms with Crippen LogP contribution >= 0.6 is 0 Å². The van der Waals surface area contributed by atoms with Crippen LogP contribution in [-0.4, -0.2) is 13.1 Å². The van der Waals surface area contributed by atoms with Gasteiger partial charge in [0.05, 0.1) is 12.7 Å². The summed E-state index contributed by atoms with van der Waals surface area (Å²) in [5.74, 6) is -0.248. The molecule has 80 valence electrons. The lowest BCUT2D eigenvalue weighted by atomic mass is 9.84. The molecule has 0 aromatic rings. The van der Waals surface area contributed by atoms with Gasteiger partial charge < -0.3 is 4.74 Å². The number of hydrogen-bond donors (Lipinski definition) is 0. The second kappa shape index (κ2) is 5.63. The standard InChI is InChI=1S/C10H14O2.C2H6/c1-10(2)6-4-8(5-7-10)9(11)12-3;1-2/h4-6H,7H2,1-3H3;1-2H3. The van der Waals surface area contributed by atoms with E-state index in [-0.39, 0.29) is 11.4 Å². The Bertz CT molecular complexity index is 247. The first-order chi connectivity index (χ1) is 6.55. The molecule has 0 atom stereocenters. The van der Waals surface area contributed by atoms with E-state index in [0.29, 0.717) is 5.57 Å². The Morgan fingerprint density at radius 1 is 1.43 bits per heavy atom. The molecule has 1 rings (SSSR count). The van der Waals surface area contributed by atoms with Gasteiger partial charge >= 0.3 is 5.97 Å². The van der Waals surface area contributed by atoms with Crippen LogP contribution in [0.4, 0.5) is 0 Å². The predicted molar refractivity (Wildman–Crippen MR) is 59.0 cm³/mol. The topological polar surface area (TPSA) is 26.3 Å². The monoisotopic (exact) mass is 196 g/mol. The Morgan fingerprint density at radius 2 is 2.00 bits per heavy atom. The van der Waals surface area contributed by atoms with Gasteiger partial charge in [-0.3, -0.25) is 0 Å². The van der Waals surface area contributed by atoms with Crippen molar-refractivity contribution in [2.45, 2.75) is 34.1 Å². The maximum Gasteiger partial charge on any atom is 0.337 e. The Labute approximate surface area is 86.6 Å². The van der Waals surface area contributed by atoms with Crippen molar-refractivity contribution in [2.75, 3.05) is 7.11 Å². The lowest BCUT2D eigenvalue weighted by Crippen LogP contribution is -2.13. The molecular formula is C12H20O2. The van der Waals surface area contributed by atoms with Crippen molar-refractivity contribution in [2.24, 2.45) is 5.41 Å². The summed E-state index contributed by atoms with van der Waals surface area (Å²) in [5, 5.41) is 0. The molecule has 14 heavy (non-hydrogen) atoms. The maximum absolute atomic E-state index is 11.0. The summed E-state index contributed by atoms with van der Waals surface area (Å²) in [7, 11) is 1.40. The fraction of sp³-hybridized carbons (Fsp3) is 0.583. The highest BCUT2D eigenvalue weighted by atomic mass is 16.5. The molecule has 0 radical (unpaired) electrons. The Hall–Kier alpha value is -1.05. The highest BCUT2D eigenvalue weighted by Gasteiger charge is 2.18. The largest absolute Gasteiger partial charge is 0.465 e. The Balaban J connectivity index is 0.000000791. The number of ether oxygens (including phenoxy) is 1. The van der Waals surface area contributed by atoms with Crippen LogP contribution in [0.5, 0.6) is 0 Å². The molecule has 0 amide bonds. The number of rotatable bonds is 1. The molecule has 0 aliphatic heterocycles. The quantitative estimate of drug-likeness (QED) is 0.602. The third kappa shape index (κ3) is 3.77. The van der Waals surface area contributed by atoms with E-state index in [0.717, 1.165) is 6.42 Å². The van der Waals surface area contributed by atoms with Crippen LogP contribution in [0.1, 0.15) is 34.1 Å². The highest BCUT2D eigenvalue weighted by Crippen LogP contribution is 2.28. The van der Waals surface area contributed by atoms with Crippen LogP contribution in [0.3, 0.4) is 0 Å². The summed E-state index contributed by atoms with van der Waals surface area (Å²) in [6.07, 6.45) is 6.69. The van der Waals surface area contributed by atoms with Crippen LogP contribution in [0.2, 0.25) is 0 Å². The zero-order chi connectivity index (χ0) is 11.2. The number of methoxy groups -OCH3 is 1. The van der Waals surface area contributed by atoms with Crippen LogP contribution in [0.15, 0.2) is 23.8 Å². The first-order valence-corrected chi connectivity index (χ1v) is 5.03. The van der Waals surface area contributed by atoms with Gasteiger partial charge in [-0.15, -0.1) is 0 Å². The fourth-order valence-electron chi connectivity index (χ4n) is 1.09. The van der Waals surface area contributed by atoms with Crippen LogP contribution < -0.4 is 0 Å². The molecular weight excluding hydrogens is 176 g/mol. The summed E-state index contributed by atoms with van der Waals surface area (Å²) < 4.78 is 4.60. The molecule has 0 aromatic carbocycles. The van der Waals surface area contributed by atoms with E-state index >= 15 is 0 Å². The molecule has 0 aromatic heterocycles. The Morgan fingerprint density at radius 3 is 2.36 bits per heavy atom. The number of esters is 1. The van der Waals surface area contributed by atoms with Crippen molar-refractivity contribution in [1.82, 2.24) is 0 Å². The number of allylic oxidation sites excluding steroid dienone is 2. The normalized spacial score (nSPS) is 17.6. The minimum atomic E-state index is -0.248. The van der Waals surface area contributed by atoms with Gasteiger partial charge in [0.1, 0.15) is 0 Å². The van der Waals surface area contributed by atoms with Gasteiger partial charge in [-0.2, -0.15) is 0 Å². The molecule has 0 saturated carbocycles. The predicted octanol–water partition coefficient (Wildman–Crippen LogP) is 3.10. The summed E-state index contributed by atoms with van der Waals surface area (Å²) in [6, 6.07) is 0. The van der Waals surface area contributed by atoms with Crippen molar-refractivity contribution in [3.8, 4) is 0 Å². The molecule has 0 bridgehead atoms. The molecule has 2 nitrogen and oxygen atoms in total. The van der Waals surface area contributed by atoms with Crippen LogP contribution in [-0.2, 0) is 9.53 Å². The minimum Gasteiger partial charge on any atom is -0.465 e. The van der Waals surface area contributed by atoms with Gasteiger partial charge in [0.15, 0.2) is 0 Å². The molecule has 2 heteroatoms. The van der Waals surface area contributed by atoms with Gasteiger partial charge in [-0.05, 0) is 11.8 Å². The summed E-state index contributed by atoms with van der Waals surface area (Å²) >= 11 is 0. The van der Waals surface area contributed by atoms with Crippen molar-refractivity contribution in [1.29, 1.82) is 0 Å². The van der Waals surface area contributed by atoms with E-state index in [2.05, 4.69) is 18.6 Å². The van der Waals surface area contributed by atoms with Gasteiger partial charge in [0.2, 0.25) is 0 Å². The first-order valence-electron chi connectivity index (χ1n) is 5.03. The van der Waals surface area contributed by atoms with E-state index in [9.17, 15) is 4.79 Å². The number of carbonyl (C=O) groups is 1. The van der Waals surface area contributed by atoms with E-state index in [1.54, 1.807) is 0 Å². The van der Waals surface area contributed by atoms with E-state index in [4.69, 9.17) is 0 Å². The smallest absolute Gasteiger partial charge is 0.337 e. The molecule has 0 spiro atoms. The first kappa shape index (κ1) is 12.9. The lowest BCUT2D eigenvalue weighted by molar-refractivity contribution is -0.135. The average Bonchev–Trinajstić information content (AvgIpc) is 2.20. The second-order valence-electron chi connectivity index (χ2n) is 3.68. The molecule has 0 fully saturated rings. The highest BCUT2D eigenvalue weighted by molar-refractivity contribution is 5.91. The minimum absolute atomic E-state index is 0.178. The van der Waals surface area contributed by atoms with Gasteiger partial charge in [-0.1, -0.05) is 45.9 Å².